The van der Waals surface area contributed by atoms with E-state index in [2.05, 4.69) is 10.1 Å². The Morgan fingerprint density at radius 1 is 1.37 bits per heavy atom. The average molecular weight is 269 g/mol. The van der Waals surface area contributed by atoms with Gasteiger partial charge in [0.25, 0.3) is 0 Å². The Labute approximate surface area is 111 Å². The lowest BCUT2D eigenvalue weighted by Crippen LogP contribution is -2.44. The molecule has 1 aromatic carbocycles. The van der Waals surface area contributed by atoms with Crippen LogP contribution in [0.15, 0.2) is 12.1 Å². The number of esters is 1. The minimum absolute atomic E-state index is 0.103. The number of anilines is 1. The third-order valence-electron chi connectivity index (χ3n) is 3.87. The topological polar surface area (TPSA) is 38.3 Å². The quantitative estimate of drug-likeness (QED) is 0.850. The van der Waals surface area contributed by atoms with Crippen molar-refractivity contribution in [2.45, 2.75) is 38.1 Å². The second kappa shape index (κ2) is 5.15. The van der Waals surface area contributed by atoms with Gasteiger partial charge in [0.1, 0.15) is 0 Å². The molecule has 0 radical (unpaired) electrons. The van der Waals surface area contributed by atoms with Crippen LogP contribution in [0.5, 0.6) is 0 Å². The Morgan fingerprint density at radius 2 is 2.05 bits per heavy atom. The number of nitrogens with one attached hydrogen (secondary N) is 1. The van der Waals surface area contributed by atoms with E-state index in [9.17, 15) is 13.6 Å². The van der Waals surface area contributed by atoms with E-state index >= 15 is 0 Å². The van der Waals surface area contributed by atoms with Crippen LogP contribution in [0.2, 0.25) is 0 Å². The number of ether oxygens (including phenoxy) is 1. The molecule has 0 heterocycles. The van der Waals surface area contributed by atoms with E-state index in [0.717, 1.165) is 32.8 Å². The molecule has 1 aliphatic rings. The van der Waals surface area contributed by atoms with Crippen LogP contribution in [-0.2, 0) is 4.74 Å². The largest absolute Gasteiger partial charge is 0.465 e. The van der Waals surface area contributed by atoms with Crippen molar-refractivity contribution in [3.05, 3.63) is 29.3 Å². The Balaban J connectivity index is 2.28. The molecule has 1 aliphatic carbocycles. The van der Waals surface area contributed by atoms with Gasteiger partial charge in [0.05, 0.1) is 18.4 Å². The van der Waals surface area contributed by atoms with Gasteiger partial charge >= 0.3 is 5.97 Å². The van der Waals surface area contributed by atoms with Gasteiger partial charge < -0.3 is 10.1 Å². The van der Waals surface area contributed by atoms with Crippen molar-refractivity contribution >= 4 is 11.7 Å². The van der Waals surface area contributed by atoms with E-state index in [0.29, 0.717) is 0 Å². The van der Waals surface area contributed by atoms with Crippen molar-refractivity contribution in [2.24, 2.45) is 0 Å². The zero-order valence-electron chi connectivity index (χ0n) is 11.1. The van der Waals surface area contributed by atoms with Crippen LogP contribution in [-0.4, -0.2) is 18.6 Å². The molecule has 2 rings (SSSR count). The van der Waals surface area contributed by atoms with Gasteiger partial charge in [-0.05, 0) is 37.8 Å². The van der Waals surface area contributed by atoms with Crippen molar-refractivity contribution in [2.75, 3.05) is 12.4 Å². The van der Waals surface area contributed by atoms with Gasteiger partial charge in [-0.3, -0.25) is 0 Å². The number of hydrogen-bond acceptors (Lipinski definition) is 3. The molecule has 0 aliphatic heterocycles. The molecule has 5 heteroatoms. The third-order valence-corrected chi connectivity index (χ3v) is 3.87. The second-order valence-corrected chi connectivity index (χ2v) is 4.89. The summed E-state index contributed by atoms with van der Waals surface area (Å²) in [6.45, 7) is 2.02. The summed E-state index contributed by atoms with van der Waals surface area (Å²) >= 11 is 0. The number of carbonyl (C=O) groups is 1. The maximum absolute atomic E-state index is 13.9. The second-order valence-electron chi connectivity index (χ2n) is 4.89. The highest BCUT2D eigenvalue weighted by Crippen LogP contribution is 2.38. The zero-order valence-corrected chi connectivity index (χ0v) is 11.1. The first-order valence-electron chi connectivity index (χ1n) is 6.37. The molecule has 0 bridgehead atoms. The van der Waals surface area contributed by atoms with Crippen LogP contribution in [0.4, 0.5) is 14.5 Å². The number of benzene rings is 1. The van der Waals surface area contributed by atoms with E-state index in [1.54, 1.807) is 0 Å². The normalized spacial score (nSPS) is 16.6. The van der Waals surface area contributed by atoms with E-state index in [1.807, 2.05) is 6.92 Å². The summed E-state index contributed by atoms with van der Waals surface area (Å²) in [6.07, 6.45) is 3.84. The van der Waals surface area contributed by atoms with Gasteiger partial charge in [-0.2, -0.15) is 0 Å². The molecule has 0 saturated heterocycles. The number of methoxy groups -OCH3 is 1. The standard InChI is InChI=1S/C14H17F2NO2/c1-3-14(7-4-8-14)17-10-6-5-9(13(18)19-2)11(15)12(10)16/h5-6,17H,3-4,7-8H2,1-2H3. The number of rotatable bonds is 4. The third kappa shape index (κ3) is 2.41. The fourth-order valence-electron chi connectivity index (χ4n) is 2.37. The lowest BCUT2D eigenvalue weighted by Gasteiger charge is -2.43. The van der Waals surface area contributed by atoms with E-state index < -0.39 is 17.6 Å². The molecule has 19 heavy (non-hydrogen) atoms. The molecule has 1 saturated carbocycles. The number of carbonyl (C=O) groups excluding carboxylic acids is 1. The van der Waals surface area contributed by atoms with Crippen LogP contribution < -0.4 is 5.32 Å². The molecule has 0 atom stereocenters. The highest BCUT2D eigenvalue weighted by Gasteiger charge is 2.36. The summed E-state index contributed by atoms with van der Waals surface area (Å²) < 4.78 is 32.1. The molecular weight excluding hydrogens is 252 g/mol. The highest BCUT2D eigenvalue weighted by molar-refractivity contribution is 5.90. The smallest absolute Gasteiger partial charge is 0.340 e. The molecular formula is C14H17F2NO2. The Bertz CT molecular complexity index is 493. The maximum Gasteiger partial charge on any atom is 0.340 e. The van der Waals surface area contributed by atoms with Crippen LogP contribution >= 0.6 is 0 Å². The first-order chi connectivity index (χ1) is 9.03. The van der Waals surface area contributed by atoms with Crippen molar-refractivity contribution in [1.82, 2.24) is 0 Å². The van der Waals surface area contributed by atoms with Crippen LogP contribution in [0.1, 0.15) is 43.0 Å². The molecule has 1 aromatic rings. The molecule has 104 valence electrons. The molecule has 3 nitrogen and oxygen atoms in total. The molecule has 1 N–H and O–H groups in total. The summed E-state index contributed by atoms with van der Waals surface area (Å²) in [5.74, 6) is -3.07. The predicted molar refractivity (Wildman–Crippen MR) is 68.2 cm³/mol. The molecule has 0 aromatic heterocycles. The van der Waals surface area contributed by atoms with Crippen LogP contribution in [0.25, 0.3) is 0 Å². The first kappa shape index (κ1) is 13.8. The molecule has 0 spiro atoms. The monoisotopic (exact) mass is 269 g/mol. The fourth-order valence-corrected chi connectivity index (χ4v) is 2.37. The summed E-state index contributed by atoms with van der Waals surface area (Å²) in [5.41, 5.74) is -0.420. The lowest BCUT2D eigenvalue weighted by molar-refractivity contribution is 0.0594. The SMILES string of the molecule is CCC1(Nc2ccc(C(=O)OC)c(F)c2F)CCC1. The maximum atomic E-state index is 13.9. The average Bonchev–Trinajstić information content (AvgIpc) is 2.38. The van der Waals surface area contributed by atoms with Gasteiger partial charge in [-0.15, -0.1) is 0 Å². The number of halogens is 2. The van der Waals surface area contributed by atoms with Gasteiger partial charge in [-0.1, -0.05) is 6.92 Å². The molecule has 0 amide bonds. The minimum atomic E-state index is -1.16. The van der Waals surface area contributed by atoms with Gasteiger partial charge in [0.15, 0.2) is 11.6 Å². The zero-order chi connectivity index (χ0) is 14.0. The fraction of sp³-hybridized carbons (Fsp3) is 0.500. The summed E-state index contributed by atoms with van der Waals surface area (Å²) in [6, 6.07) is 2.63. The summed E-state index contributed by atoms with van der Waals surface area (Å²) in [4.78, 5) is 11.3. The van der Waals surface area contributed by atoms with Crippen molar-refractivity contribution in [3.8, 4) is 0 Å². The molecule has 1 fully saturated rings. The summed E-state index contributed by atoms with van der Waals surface area (Å²) in [7, 11) is 1.13. The minimum Gasteiger partial charge on any atom is -0.465 e. The van der Waals surface area contributed by atoms with Crippen molar-refractivity contribution in [3.63, 3.8) is 0 Å². The van der Waals surface area contributed by atoms with E-state index in [4.69, 9.17) is 0 Å². The van der Waals surface area contributed by atoms with Crippen LogP contribution in [0, 0.1) is 11.6 Å². The number of hydrogen-bond donors (Lipinski definition) is 1. The Kier molecular flexibility index (Phi) is 3.73. The Hall–Kier alpha value is -1.65. The van der Waals surface area contributed by atoms with Crippen molar-refractivity contribution in [1.29, 1.82) is 0 Å². The van der Waals surface area contributed by atoms with Gasteiger partial charge in [-0.25, -0.2) is 13.6 Å². The van der Waals surface area contributed by atoms with Crippen molar-refractivity contribution < 1.29 is 18.3 Å². The van der Waals surface area contributed by atoms with Crippen LogP contribution in [0.3, 0.4) is 0 Å². The van der Waals surface area contributed by atoms with Gasteiger partial charge in [0.2, 0.25) is 0 Å². The molecule has 0 unspecified atom stereocenters. The first-order valence-corrected chi connectivity index (χ1v) is 6.37. The highest BCUT2D eigenvalue weighted by atomic mass is 19.2. The van der Waals surface area contributed by atoms with Gasteiger partial charge in [0, 0.05) is 5.54 Å². The lowest BCUT2D eigenvalue weighted by atomic mass is 9.74. The summed E-state index contributed by atoms with van der Waals surface area (Å²) in [5, 5.41) is 3.07. The van der Waals surface area contributed by atoms with E-state index in [-0.39, 0.29) is 16.8 Å². The predicted octanol–water partition coefficient (Wildman–Crippen LogP) is 3.50. The van der Waals surface area contributed by atoms with E-state index in [1.165, 1.54) is 12.1 Å². The Morgan fingerprint density at radius 3 is 2.53 bits per heavy atom.